The van der Waals surface area contributed by atoms with Gasteiger partial charge in [-0.1, -0.05) is 78.4 Å². The third kappa shape index (κ3) is 11.8. The van der Waals surface area contributed by atoms with Crippen LogP contribution in [0.2, 0.25) is 0 Å². The lowest BCUT2D eigenvalue weighted by atomic mass is 9.47. The number of likely N-dealkylation sites (tertiary alicyclic amines) is 1. The maximum absolute atomic E-state index is 12.9. The molecule has 11 atom stereocenters. The molecular formula is C48H85N4O4P. The molecule has 5 aliphatic rings. The van der Waals surface area contributed by atoms with Crippen LogP contribution in [0, 0.1) is 57.7 Å². The average molecular weight is 813 g/mol. The molecule has 8 nitrogen and oxygen atoms in total. The van der Waals surface area contributed by atoms with Crippen LogP contribution in [0.3, 0.4) is 0 Å². The number of nitriles is 1. The van der Waals surface area contributed by atoms with Crippen LogP contribution in [0.4, 0.5) is 4.79 Å². The van der Waals surface area contributed by atoms with Gasteiger partial charge in [-0.25, -0.2) is 9.46 Å². The van der Waals surface area contributed by atoms with Crippen LogP contribution < -0.4 is 5.32 Å². The third-order valence-corrected chi connectivity index (χ3v) is 17.9. The summed E-state index contributed by atoms with van der Waals surface area (Å²) in [5.74, 6) is 5.08. The molecule has 0 aromatic rings. The standard InChI is InChI=1S/C48H85N4O4P/c1-34(2)17-15-18-37(7)43-21-22-44-42-20-19-39-32-40(23-25-47(39,9)45(42)24-26-48(43,44)10)55-46(53)50-28-13-11-12-14-29-51-33-41(31-38(51)8)56-57(54-30-16-27-49)52(35(3)4)36(5)6/h19,34-38,40-45H,11-18,20-26,28-33H2,1-10H3,(H,50,53)/t37-,38-,40+,41-,42?,43-,44?,45?,47+,48-,57?/m1/s1. The second kappa shape index (κ2) is 21.5. The second-order valence-electron chi connectivity index (χ2n) is 20.8. The van der Waals surface area contributed by atoms with Crippen molar-refractivity contribution in [3.63, 3.8) is 0 Å². The van der Waals surface area contributed by atoms with Crippen LogP contribution in [-0.4, -0.2) is 72.2 Å². The first kappa shape index (κ1) is 46.8. The number of unbranched alkanes of at least 4 members (excludes halogenated alkanes) is 3. The third-order valence-electron chi connectivity index (χ3n) is 15.7. The highest BCUT2D eigenvalue weighted by Crippen LogP contribution is 2.67. The van der Waals surface area contributed by atoms with Crippen molar-refractivity contribution in [2.45, 2.75) is 209 Å². The number of hydrogen-bond acceptors (Lipinski definition) is 7. The van der Waals surface area contributed by atoms with E-state index in [0.29, 0.717) is 43.1 Å². The minimum Gasteiger partial charge on any atom is -0.446 e. The first-order valence-electron chi connectivity index (χ1n) is 23.8. The molecule has 1 N–H and O–H groups in total. The van der Waals surface area contributed by atoms with E-state index in [1.54, 1.807) is 5.57 Å². The summed E-state index contributed by atoms with van der Waals surface area (Å²) in [5, 5.41) is 12.1. The van der Waals surface area contributed by atoms with Crippen molar-refractivity contribution in [3.8, 4) is 6.07 Å². The van der Waals surface area contributed by atoms with Crippen molar-refractivity contribution in [1.82, 2.24) is 14.9 Å². The van der Waals surface area contributed by atoms with E-state index in [2.05, 4.69) is 96.3 Å². The van der Waals surface area contributed by atoms with Crippen molar-refractivity contribution in [2.24, 2.45) is 46.3 Å². The first-order chi connectivity index (χ1) is 27.2. The molecule has 0 radical (unpaired) electrons. The van der Waals surface area contributed by atoms with Gasteiger partial charge >= 0.3 is 6.09 Å². The zero-order chi connectivity index (χ0) is 41.3. The van der Waals surface area contributed by atoms with Gasteiger partial charge in [-0.3, -0.25) is 4.90 Å². The van der Waals surface area contributed by atoms with Crippen LogP contribution in [0.15, 0.2) is 11.6 Å². The summed E-state index contributed by atoms with van der Waals surface area (Å²) < 4.78 is 21.2. The van der Waals surface area contributed by atoms with Gasteiger partial charge in [-0.05, 0) is 152 Å². The lowest BCUT2D eigenvalue weighted by molar-refractivity contribution is -0.0581. The Balaban J connectivity index is 0.981. The summed E-state index contributed by atoms with van der Waals surface area (Å²) in [5.41, 5.74) is 2.39. The molecule has 326 valence electrons. The normalized spacial score (nSPS) is 33.8. The number of hydrogen-bond donors (Lipinski definition) is 1. The lowest BCUT2D eigenvalue weighted by Gasteiger charge is -2.58. The molecule has 57 heavy (non-hydrogen) atoms. The molecule has 1 heterocycles. The van der Waals surface area contributed by atoms with Crippen LogP contribution in [0.25, 0.3) is 0 Å². The van der Waals surface area contributed by atoms with E-state index in [1.165, 1.54) is 51.4 Å². The zero-order valence-corrected chi connectivity index (χ0v) is 39.1. The van der Waals surface area contributed by atoms with Crippen LogP contribution in [0.1, 0.15) is 178 Å². The van der Waals surface area contributed by atoms with Gasteiger partial charge in [0.25, 0.3) is 8.53 Å². The number of ether oxygens (including phenoxy) is 1. The molecule has 4 aliphatic carbocycles. The molecular weight excluding hydrogens is 728 g/mol. The number of alkyl carbamates (subject to hydrolysis) is 1. The largest absolute Gasteiger partial charge is 0.446 e. The van der Waals surface area contributed by atoms with E-state index in [0.717, 1.165) is 100.0 Å². The van der Waals surface area contributed by atoms with Crippen LogP contribution in [-0.2, 0) is 13.8 Å². The smallest absolute Gasteiger partial charge is 0.407 e. The Kier molecular flexibility index (Phi) is 17.7. The Hall–Kier alpha value is -1.23. The molecule has 9 heteroatoms. The predicted molar refractivity (Wildman–Crippen MR) is 236 cm³/mol. The van der Waals surface area contributed by atoms with E-state index in [4.69, 9.17) is 19.0 Å². The Morgan fingerprint density at radius 3 is 2.44 bits per heavy atom. The molecule has 4 unspecified atom stereocenters. The minimum atomic E-state index is -1.21. The Labute approximate surface area is 351 Å². The number of amides is 1. The first-order valence-corrected chi connectivity index (χ1v) is 24.9. The van der Waals surface area contributed by atoms with Gasteiger partial charge in [-0.2, -0.15) is 5.26 Å². The number of allylic oxidation sites excluding steroid dienone is 1. The van der Waals surface area contributed by atoms with Crippen molar-refractivity contribution < 1.29 is 18.6 Å². The number of carbonyl (C=O) groups is 1. The summed E-state index contributed by atoms with van der Waals surface area (Å²) in [6, 6.07) is 3.29. The van der Waals surface area contributed by atoms with Gasteiger partial charge in [0.05, 0.1) is 25.2 Å². The zero-order valence-electron chi connectivity index (χ0n) is 38.2. The van der Waals surface area contributed by atoms with Gasteiger partial charge in [0, 0.05) is 37.6 Å². The maximum atomic E-state index is 12.9. The molecule has 4 fully saturated rings. The second-order valence-corrected chi connectivity index (χ2v) is 22.2. The molecule has 1 aliphatic heterocycles. The predicted octanol–water partition coefficient (Wildman–Crippen LogP) is 12.4. The lowest BCUT2D eigenvalue weighted by Crippen LogP contribution is -2.51. The summed E-state index contributed by atoms with van der Waals surface area (Å²) in [6.45, 7) is 26.7. The molecule has 0 spiro atoms. The molecule has 5 rings (SSSR count). The van der Waals surface area contributed by atoms with E-state index in [-0.39, 0.29) is 23.7 Å². The number of nitrogens with one attached hydrogen (secondary N) is 1. The summed E-state index contributed by atoms with van der Waals surface area (Å²) in [4.78, 5) is 15.5. The number of fused-ring (bicyclic) bond motifs is 5. The highest BCUT2D eigenvalue weighted by Gasteiger charge is 2.59. The van der Waals surface area contributed by atoms with E-state index < -0.39 is 8.53 Å². The molecule has 3 saturated carbocycles. The van der Waals surface area contributed by atoms with Gasteiger partial charge in [0.1, 0.15) is 6.10 Å². The molecule has 0 aromatic carbocycles. The van der Waals surface area contributed by atoms with Crippen LogP contribution in [0.5, 0.6) is 0 Å². The maximum Gasteiger partial charge on any atom is 0.407 e. The molecule has 0 bridgehead atoms. The SMILES string of the molecule is CC(C)CCC[C@@H](C)[C@H]1CCC2C3CC=C4C[C@@H](OC(=O)NCCCCCCN5C[C@H](OP(OCCC#N)N(C(C)C)C(C)C)C[C@H]5C)CC[C@]4(C)C3CC[C@@]21C. The summed E-state index contributed by atoms with van der Waals surface area (Å²) >= 11 is 0. The quantitative estimate of drug-likeness (QED) is 0.0701. The molecule has 1 saturated heterocycles. The Bertz CT molecular complexity index is 1330. The van der Waals surface area contributed by atoms with Gasteiger partial charge in [0.15, 0.2) is 0 Å². The highest BCUT2D eigenvalue weighted by molar-refractivity contribution is 7.44. The van der Waals surface area contributed by atoms with Gasteiger partial charge < -0.3 is 19.1 Å². The van der Waals surface area contributed by atoms with E-state index >= 15 is 0 Å². The minimum absolute atomic E-state index is 0.00647. The van der Waals surface area contributed by atoms with Crippen molar-refractivity contribution in [1.29, 1.82) is 5.26 Å². The Morgan fingerprint density at radius 2 is 1.72 bits per heavy atom. The van der Waals surface area contributed by atoms with Crippen molar-refractivity contribution in [2.75, 3.05) is 26.2 Å². The fraction of sp³-hybridized carbons (Fsp3) is 0.917. The van der Waals surface area contributed by atoms with E-state index in [1.807, 2.05) is 0 Å². The summed E-state index contributed by atoms with van der Waals surface area (Å²) in [7, 11) is -1.21. The molecule has 1 amide bonds. The van der Waals surface area contributed by atoms with Crippen molar-refractivity contribution >= 4 is 14.6 Å². The topological polar surface area (TPSA) is 87.1 Å². The number of nitrogens with zero attached hydrogens (tertiary/aromatic N) is 3. The highest BCUT2D eigenvalue weighted by atomic mass is 31.2. The number of rotatable bonds is 21. The molecule has 0 aromatic heterocycles. The average Bonchev–Trinajstić information content (AvgIpc) is 3.68. The van der Waals surface area contributed by atoms with Gasteiger partial charge in [0.2, 0.25) is 0 Å². The van der Waals surface area contributed by atoms with Gasteiger partial charge in [-0.15, -0.1) is 0 Å². The summed E-state index contributed by atoms with van der Waals surface area (Å²) in [6.07, 6.45) is 22.5. The monoisotopic (exact) mass is 813 g/mol. The fourth-order valence-corrected chi connectivity index (χ4v) is 14.5. The number of carbonyl (C=O) groups excluding carboxylic acids is 1. The van der Waals surface area contributed by atoms with Crippen LogP contribution >= 0.6 is 8.53 Å². The van der Waals surface area contributed by atoms with Crippen molar-refractivity contribution in [3.05, 3.63) is 11.6 Å². The fourth-order valence-electron chi connectivity index (χ4n) is 12.8. The van der Waals surface area contributed by atoms with E-state index in [9.17, 15) is 4.79 Å². The Morgan fingerprint density at radius 1 is 0.965 bits per heavy atom.